The minimum atomic E-state index is -0.454. The predicted molar refractivity (Wildman–Crippen MR) is 101 cm³/mol. The van der Waals surface area contributed by atoms with Crippen molar-refractivity contribution in [2.45, 2.75) is 44.8 Å². The van der Waals surface area contributed by atoms with Crippen LogP contribution < -0.4 is 0 Å². The van der Waals surface area contributed by atoms with Gasteiger partial charge in [-0.1, -0.05) is 12.1 Å². The van der Waals surface area contributed by atoms with Crippen LogP contribution in [0.3, 0.4) is 0 Å². The number of hydrogen-bond acceptors (Lipinski definition) is 4. The molecule has 0 aliphatic carbocycles. The summed E-state index contributed by atoms with van der Waals surface area (Å²) >= 11 is 0. The van der Waals surface area contributed by atoms with Gasteiger partial charge in [0.25, 0.3) is 0 Å². The molecule has 1 atom stereocenters. The van der Waals surface area contributed by atoms with E-state index in [4.69, 9.17) is 4.98 Å². The number of carbonyl (C=O) groups excluding carboxylic acids is 1. The molecule has 2 saturated heterocycles. The molecule has 6 heteroatoms. The number of amides is 1. The number of hydrogen-bond donors (Lipinski definition) is 1. The first kappa shape index (κ1) is 17.5. The average Bonchev–Trinajstić information content (AvgIpc) is 3.18. The van der Waals surface area contributed by atoms with Crippen molar-refractivity contribution in [3.63, 3.8) is 0 Å². The van der Waals surface area contributed by atoms with Crippen molar-refractivity contribution < 1.29 is 9.90 Å². The maximum atomic E-state index is 11.7. The van der Waals surface area contributed by atoms with Gasteiger partial charge in [-0.15, -0.1) is 0 Å². The van der Waals surface area contributed by atoms with Crippen molar-refractivity contribution in [2.24, 2.45) is 0 Å². The maximum Gasteiger partial charge on any atom is 0.222 e. The molecular formula is C20H28N4O2. The highest BCUT2D eigenvalue weighted by Crippen LogP contribution is 2.28. The largest absolute Gasteiger partial charge is 0.390 e. The monoisotopic (exact) mass is 356 g/mol. The molecule has 0 bridgehead atoms. The number of rotatable bonds is 5. The van der Waals surface area contributed by atoms with Crippen molar-refractivity contribution in [3.8, 4) is 0 Å². The second-order valence-corrected chi connectivity index (χ2v) is 7.65. The van der Waals surface area contributed by atoms with Gasteiger partial charge in [-0.3, -0.25) is 4.79 Å². The van der Waals surface area contributed by atoms with Crippen LogP contribution in [-0.2, 0) is 4.79 Å². The molecule has 140 valence electrons. The number of aromatic nitrogens is 2. The first-order chi connectivity index (χ1) is 12.6. The van der Waals surface area contributed by atoms with Gasteiger partial charge in [0.05, 0.1) is 17.1 Å². The zero-order valence-corrected chi connectivity index (χ0v) is 15.5. The van der Waals surface area contributed by atoms with Crippen LogP contribution in [0.5, 0.6) is 0 Å². The molecule has 1 unspecified atom stereocenters. The minimum Gasteiger partial charge on any atom is -0.390 e. The molecule has 1 amide bonds. The lowest BCUT2D eigenvalue weighted by atomic mass is 10.0. The molecular weight excluding hydrogens is 328 g/mol. The number of fused-ring (bicyclic) bond motifs is 1. The van der Waals surface area contributed by atoms with Gasteiger partial charge < -0.3 is 19.5 Å². The number of aryl methyl sites for hydroxylation is 1. The second kappa shape index (κ2) is 7.37. The number of benzene rings is 1. The van der Waals surface area contributed by atoms with E-state index in [9.17, 15) is 9.90 Å². The van der Waals surface area contributed by atoms with Crippen molar-refractivity contribution in [1.82, 2.24) is 19.4 Å². The lowest BCUT2D eigenvalue weighted by Crippen LogP contribution is -2.43. The van der Waals surface area contributed by atoms with Gasteiger partial charge in [0.15, 0.2) is 0 Å². The van der Waals surface area contributed by atoms with E-state index in [0.29, 0.717) is 25.6 Å². The van der Waals surface area contributed by atoms with Gasteiger partial charge in [0.2, 0.25) is 5.91 Å². The predicted octanol–water partition coefficient (Wildman–Crippen LogP) is 1.96. The molecule has 0 radical (unpaired) electrons. The lowest BCUT2D eigenvalue weighted by molar-refractivity contribution is -0.129. The van der Waals surface area contributed by atoms with Gasteiger partial charge >= 0.3 is 0 Å². The summed E-state index contributed by atoms with van der Waals surface area (Å²) in [6, 6.07) is 8.80. The topological polar surface area (TPSA) is 61.6 Å². The van der Waals surface area contributed by atoms with Crippen LogP contribution in [0.1, 0.15) is 37.5 Å². The van der Waals surface area contributed by atoms with Crippen LogP contribution >= 0.6 is 0 Å². The van der Waals surface area contributed by atoms with E-state index in [1.54, 1.807) is 4.90 Å². The van der Waals surface area contributed by atoms with Crippen molar-refractivity contribution in [2.75, 3.05) is 32.7 Å². The molecule has 3 heterocycles. The number of β-amino-alcohol motifs (C(OH)–C–C–N with tert-alkyl or cyclic N) is 1. The van der Waals surface area contributed by atoms with E-state index in [-0.39, 0.29) is 5.91 Å². The van der Waals surface area contributed by atoms with Gasteiger partial charge in [0.1, 0.15) is 5.82 Å². The number of para-hydroxylation sites is 2. The van der Waals surface area contributed by atoms with Gasteiger partial charge in [-0.2, -0.15) is 0 Å². The number of aliphatic hydroxyl groups excluding tert-OH is 1. The number of imidazole rings is 1. The zero-order chi connectivity index (χ0) is 18.1. The Bertz CT molecular complexity index is 779. The molecule has 1 aromatic carbocycles. The normalized spacial score (nSPS) is 21.0. The van der Waals surface area contributed by atoms with Gasteiger partial charge in [0, 0.05) is 45.2 Å². The van der Waals surface area contributed by atoms with Crippen LogP contribution in [0.4, 0.5) is 0 Å². The number of aliphatic hydroxyl groups is 1. The van der Waals surface area contributed by atoms with Crippen LogP contribution in [0.2, 0.25) is 0 Å². The van der Waals surface area contributed by atoms with Gasteiger partial charge in [-0.05, 0) is 38.3 Å². The van der Waals surface area contributed by atoms with Crippen molar-refractivity contribution in [3.05, 3.63) is 30.1 Å². The Morgan fingerprint density at radius 3 is 2.69 bits per heavy atom. The fourth-order valence-corrected chi connectivity index (χ4v) is 4.49. The Labute approximate surface area is 154 Å². The molecule has 2 aliphatic heterocycles. The molecule has 0 saturated carbocycles. The summed E-state index contributed by atoms with van der Waals surface area (Å²) in [7, 11) is 0. The minimum absolute atomic E-state index is 0.185. The molecule has 1 aromatic heterocycles. The third kappa shape index (κ3) is 3.48. The summed E-state index contributed by atoms with van der Waals surface area (Å²) in [5, 5.41) is 10.4. The fraction of sp³-hybridized carbons (Fsp3) is 0.600. The van der Waals surface area contributed by atoms with E-state index in [1.807, 2.05) is 6.07 Å². The van der Waals surface area contributed by atoms with Gasteiger partial charge in [-0.25, -0.2) is 4.98 Å². The van der Waals surface area contributed by atoms with Crippen molar-refractivity contribution >= 4 is 16.9 Å². The summed E-state index contributed by atoms with van der Waals surface area (Å²) in [5.41, 5.74) is 2.29. The van der Waals surface area contributed by atoms with Crippen LogP contribution in [-0.4, -0.2) is 69.2 Å². The SMILES string of the molecule is Cc1nc2ccccc2n1C1CCN(CC(O)CN2CCCC2=O)CC1. The second-order valence-electron chi connectivity index (χ2n) is 7.65. The van der Waals surface area contributed by atoms with E-state index in [0.717, 1.165) is 50.2 Å². The first-order valence-corrected chi connectivity index (χ1v) is 9.73. The highest BCUT2D eigenvalue weighted by molar-refractivity contribution is 5.78. The number of likely N-dealkylation sites (tertiary alicyclic amines) is 2. The van der Waals surface area contributed by atoms with E-state index < -0.39 is 6.10 Å². The quantitative estimate of drug-likeness (QED) is 0.890. The Balaban J connectivity index is 1.34. The number of nitrogens with zero attached hydrogens (tertiary/aromatic N) is 4. The van der Waals surface area contributed by atoms with Crippen LogP contribution in [0.15, 0.2) is 24.3 Å². The number of piperidine rings is 1. The lowest BCUT2D eigenvalue weighted by Gasteiger charge is -2.35. The summed E-state index contributed by atoms with van der Waals surface area (Å²) in [6.45, 7) is 5.96. The summed E-state index contributed by atoms with van der Waals surface area (Å²) < 4.78 is 2.38. The highest BCUT2D eigenvalue weighted by Gasteiger charge is 2.27. The smallest absolute Gasteiger partial charge is 0.222 e. The fourth-order valence-electron chi connectivity index (χ4n) is 4.49. The molecule has 6 nitrogen and oxygen atoms in total. The highest BCUT2D eigenvalue weighted by atomic mass is 16.3. The Morgan fingerprint density at radius 1 is 1.19 bits per heavy atom. The average molecular weight is 356 g/mol. The number of carbonyl (C=O) groups is 1. The Morgan fingerprint density at radius 2 is 1.96 bits per heavy atom. The molecule has 4 rings (SSSR count). The Kier molecular flexibility index (Phi) is 4.96. The van der Waals surface area contributed by atoms with E-state index >= 15 is 0 Å². The van der Waals surface area contributed by atoms with Crippen LogP contribution in [0, 0.1) is 6.92 Å². The third-order valence-corrected chi connectivity index (χ3v) is 5.77. The molecule has 0 spiro atoms. The summed E-state index contributed by atoms with van der Waals surface area (Å²) in [5.74, 6) is 1.27. The first-order valence-electron chi connectivity index (χ1n) is 9.73. The van der Waals surface area contributed by atoms with E-state index in [2.05, 4.69) is 34.6 Å². The molecule has 2 aromatic rings. The molecule has 2 fully saturated rings. The molecule has 2 aliphatic rings. The Hall–Kier alpha value is -1.92. The molecule has 26 heavy (non-hydrogen) atoms. The third-order valence-electron chi connectivity index (χ3n) is 5.77. The summed E-state index contributed by atoms with van der Waals surface area (Å²) in [6.07, 6.45) is 3.24. The van der Waals surface area contributed by atoms with E-state index in [1.165, 1.54) is 5.52 Å². The van der Waals surface area contributed by atoms with Crippen LogP contribution in [0.25, 0.3) is 11.0 Å². The maximum absolute atomic E-state index is 11.7. The zero-order valence-electron chi connectivity index (χ0n) is 15.5. The van der Waals surface area contributed by atoms with Crippen molar-refractivity contribution in [1.29, 1.82) is 0 Å². The standard InChI is InChI=1S/C20H28N4O2/c1-15-21-18-5-2-3-6-19(18)24(15)16-8-11-22(12-9-16)13-17(25)14-23-10-4-7-20(23)26/h2-3,5-6,16-17,25H,4,7-14H2,1H3. The molecule has 1 N–H and O–H groups in total. The summed E-state index contributed by atoms with van der Waals surface area (Å²) in [4.78, 5) is 20.5.